The van der Waals surface area contributed by atoms with E-state index in [2.05, 4.69) is 25.7 Å². The van der Waals surface area contributed by atoms with E-state index in [-0.39, 0.29) is 0 Å². The maximum absolute atomic E-state index is 2.79. The largest absolute Gasteiger partial charge is 0.300 e. The van der Waals surface area contributed by atoms with Gasteiger partial charge in [-0.25, -0.2) is 0 Å². The molecule has 3 saturated carbocycles. The summed E-state index contributed by atoms with van der Waals surface area (Å²) in [5.41, 5.74) is 0.662. The van der Waals surface area contributed by atoms with Crippen LogP contribution in [0.4, 0.5) is 0 Å². The van der Waals surface area contributed by atoms with E-state index >= 15 is 0 Å². The fourth-order valence-corrected chi connectivity index (χ4v) is 4.68. The molecule has 1 nitrogen and oxygen atoms in total. The second-order valence-electron chi connectivity index (χ2n) is 6.77. The zero-order valence-corrected chi connectivity index (χ0v) is 10.5. The normalized spacial score (nSPS) is 49.0. The Hall–Kier alpha value is -0.0400. The predicted molar refractivity (Wildman–Crippen MR) is 63.8 cm³/mol. The molecule has 86 valence electrons. The first-order valence-corrected chi connectivity index (χ1v) is 6.85. The molecule has 2 bridgehead atoms. The summed E-state index contributed by atoms with van der Waals surface area (Å²) in [6.07, 6.45) is 5.91. The zero-order valence-electron chi connectivity index (χ0n) is 10.5. The van der Waals surface area contributed by atoms with Crippen LogP contribution >= 0.6 is 0 Å². The van der Waals surface area contributed by atoms with Crippen molar-refractivity contribution in [2.24, 2.45) is 23.2 Å². The topological polar surface area (TPSA) is 3.24 Å². The van der Waals surface area contributed by atoms with Crippen molar-refractivity contribution in [2.45, 2.75) is 52.5 Å². The maximum atomic E-state index is 2.79. The number of rotatable bonds is 1. The van der Waals surface area contributed by atoms with Gasteiger partial charge in [-0.2, -0.15) is 0 Å². The lowest BCUT2D eigenvalue weighted by Crippen LogP contribution is -2.60. The Morgan fingerprint density at radius 2 is 1.73 bits per heavy atom. The Bertz CT molecular complexity index is 252. The van der Waals surface area contributed by atoms with Crippen molar-refractivity contribution in [3.05, 3.63) is 0 Å². The minimum Gasteiger partial charge on any atom is -0.300 e. The van der Waals surface area contributed by atoms with Crippen LogP contribution in [-0.4, -0.2) is 24.0 Å². The molecule has 0 spiro atoms. The highest BCUT2D eigenvalue weighted by molar-refractivity contribution is 5.07. The van der Waals surface area contributed by atoms with Crippen LogP contribution in [0.25, 0.3) is 0 Å². The summed E-state index contributed by atoms with van der Waals surface area (Å²) in [7, 11) is 0. The van der Waals surface area contributed by atoms with Crippen molar-refractivity contribution in [1.82, 2.24) is 4.90 Å². The van der Waals surface area contributed by atoms with Gasteiger partial charge in [0.2, 0.25) is 0 Å². The van der Waals surface area contributed by atoms with Gasteiger partial charge in [0.25, 0.3) is 0 Å². The average Bonchev–Trinajstić information content (AvgIpc) is 2.70. The summed E-state index contributed by atoms with van der Waals surface area (Å²) >= 11 is 0. The average molecular weight is 207 g/mol. The quantitative estimate of drug-likeness (QED) is 0.638. The van der Waals surface area contributed by atoms with Gasteiger partial charge < -0.3 is 4.90 Å². The van der Waals surface area contributed by atoms with Crippen LogP contribution in [0.2, 0.25) is 0 Å². The van der Waals surface area contributed by atoms with Gasteiger partial charge in [-0.3, -0.25) is 0 Å². The Morgan fingerprint density at radius 1 is 1.07 bits per heavy atom. The molecule has 15 heavy (non-hydrogen) atoms. The molecular weight excluding hydrogens is 182 g/mol. The lowest BCUT2D eigenvalue weighted by molar-refractivity contribution is -0.135. The molecule has 0 aromatic carbocycles. The zero-order chi connectivity index (χ0) is 10.6. The molecule has 1 heterocycles. The molecule has 0 aromatic rings. The fourth-order valence-electron chi connectivity index (χ4n) is 4.68. The minimum absolute atomic E-state index is 0.662. The smallest absolute Gasteiger partial charge is 0.0127 e. The molecule has 4 aliphatic rings. The summed E-state index contributed by atoms with van der Waals surface area (Å²) in [6, 6.07) is 0.935. The third-order valence-electron chi connectivity index (χ3n) is 5.92. The molecule has 0 amide bonds. The Morgan fingerprint density at radius 3 is 2.27 bits per heavy atom. The number of likely N-dealkylation sites (tertiary alicyclic amines) is 1. The van der Waals surface area contributed by atoms with Crippen LogP contribution in [0.3, 0.4) is 0 Å². The second kappa shape index (κ2) is 3.23. The van der Waals surface area contributed by atoms with Gasteiger partial charge in [0.1, 0.15) is 0 Å². The van der Waals surface area contributed by atoms with Crippen LogP contribution in [0, 0.1) is 23.2 Å². The Balaban J connectivity index is 1.74. The molecule has 0 radical (unpaired) electrons. The van der Waals surface area contributed by atoms with Crippen LogP contribution in [0.5, 0.6) is 0 Å². The fraction of sp³-hybridized carbons (Fsp3) is 1.00. The number of hydrogen-bond donors (Lipinski definition) is 0. The van der Waals surface area contributed by atoms with Crippen molar-refractivity contribution < 1.29 is 0 Å². The third-order valence-corrected chi connectivity index (χ3v) is 5.92. The van der Waals surface area contributed by atoms with E-state index in [4.69, 9.17) is 0 Å². The van der Waals surface area contributed by atoms with Gasteiger partial charge in [0.15, 0.2) is 0 Å². The summed E-state index contributed by atoms with van der Waals surface area (Å²) in [4.78, 5) is 2.79. The van der Waals surface area contributed by atoms with Crippen molar-refractivity contribution in [2.75, 3.05) is 13.1 Å². The monoisotopic (exact) mass is 207 g/mol. The summed E-state index contributed by atoms with van der Waals surface area (Å²) in [5, 5.41) is 0. The highest BCUT2D eigenvalue weighted by atomic mass is 15.2. The van der Waals surface area contributed by atoms with Gasteiger partial charge in [-0.05, 0) is 61.9 Å². The molecule has 0 N–H and O–H groups in total. The van der Waals surface area contributed by atoms with Crippen LogP contribution < -0.4 is 0 Å². The molecule has 4 rings (SSSR count). The van der Waals surface area contributed by atoms with E-state index in [0.29, 0.717) is 5.41 Å². The number of nitrogens with zero attached hydrogens (tertiary/aromatic N) is 1. The molecule has 4 fully saturated rings. The number of fused-ring (bicyclic) bond motifs is 2. The van der Waals surface area contributed by atoms with Gasteiger partial charge in [-0.1, -0.05) is 20.8 Å². The van der Waals surface area contributed by atoms with Crippen molar-refractivity contribution in [1.29, 1.82) is 0 Å². The predicted octanol–water partition coefficient (Wildman–Crippen LogP) is 3.15. The lowest BCUT2D eigenvalue weighted by atomic mass is 9.44. The highest BCUT2D eigenvalue weighted by Gasteiger charge is 2.57. The molecule has 1 saturated heterocycles. The van der Waals surface area contributed by atoms with Crippen molar-refractivity contribution >= 4 is 0 Å². The standard InChI is InChI=1S/C14H25N/c1-10-12-8-11(14(12,2)3)9-13(10)15-6-4-5-7-15/h10-13H,4-9H2,1-3H3/t10-,11-,12+,13-/m0/s1. The first-order chi connectivity index (χ1) is 7.10. The summed E-state index contributed by atoms with van der Waals surface area (Å²) in [6.45, 7) is 10.3. The van der Waals surface area contributed by atoms with E-state index in [9.17, 15) is 0 Å². The Kier molecular flexibility index (Phi) is 2.18. The first kappa shape index (κ1) is 10.1. The molecule has 1 aliphatic heterocycles. The van der Waals surface area contributed by atoms with Gasteiger partial charge in [0.05, 0.1) is 0 Å². The molecule has 4 atom stereocenters. The van der Waals surface area contributed by atoms with Gasteiger partial charge in [0, 0.05) is 6.04 Å². The summed E-state index contributed by atoms with van der Waals surface area (Å²) < 4.78 is 0. The van der Waals surface area contributed by atoms with Gasteiger partial charge >= 0.3 is 0 Å². The van der Waals surface area contributed by atoms with E-state index in [1.165, 1.54) is 38.8 Å². The first-order valence-electron chi connectivity index (χ1n) is 6.85. The molecule has 3 aliphatic carbocycles. The van der Waals surface area contributed by atoms with Crippen LogP contribution in [0.1, 0.15) is 46.5 Å². The second-order valence-corrected chi connectivity index (χ2v) is 6.77. The van der Waals surface area contributed by atoms with Crippen LogP contribution in [-0.2, 0) is 0 Å². The summed E-state index contributed by atoms with van der Waals surface area (Å²) in [5.74, 6) is 2.99. The minimum atomic E-state index is 0.662. The molecule has 0 aromatic heterocycles. The lowest BCUT2D eigenvalue weighted by Gasteiger charge is -2.63. The molecule has 0 unspecified atom stereocenters. The number of hydrogen-bond acceptors (Lipinski definition) is 1. The van der Waals surface area contributed by atoms with Crippen LogP contribution in [0.15, 0.2) is 0 Å². The van der Waals surface area contributed by atoms with E-state index in [1.54, 1.807) is 0 Å². The van der Waals surface area contributed by atoms with Crippen molar-refractivity contribution in [3.63, 3.8) is 0 Å². The maximum Gasteiger partial charge on any atom is 0.0127 e. The molecule has 1 heteroatoms. The van der Waals surface area contributed by atoms with Gasteiger partial charge in [-0.15, -0.1) is 0 Å². The van der Waals surface area contributed by atoms with E-state index < -0.39 is 0 Å². The van der Waals surface area contributed by atoms with Crippen molar-refractivity contribution in [3.8, 4) is 0 Å². The highest BCUT2D eigenvalue weighted by Crippen LogP contribution is 2.62. The SMILES string of the molecule is C[C@H]1[C@H]2C[C@@H](C[C@@H]1N1CCCC1)C2(C)C. The van der Waals surface area contributed by atoms with E-state index in [0.717, 1.165) is 23.8 Å². The van der Waals surface area contributed by atoms with E-state index in [1.807, 2.05) is 0 Å². The Labute approximate surface area is 94.2 Å². The molecular formula is C14H25N. The third kappa shape index (κ3) is 1.32.